The van der Waals surface area contributed by atoms with Crippen LogP contribution in [0.2, 0.25) is 0 Å². The fourth-order valence-electron chi connectivity index (χ4n) is 3.62. The van der Waals surface area contributed by atoms with E-state index >= 15 is 0 Å². The summed E-state index contributed by atoms with van der Waals surface area (Å²) in [7, 11) is 0. The van der Waals surface area contributed by atoms with Gasteiger partial charge in [-0.2, -0.15) is 0 Å². The van der Waals surface area contributed by atoms with Gasteiger partial charge in [-0.25, -0.2) is 0 Å². The molecule has 0 radical (unpaired) electrons. The van der Waals surface area contributed by atoms with Crippen molar-refractivity contribution in [2.24, 2.45) is 17.3 Å². The van der Waals surface area contributed by atoms with Gasteiger partial charge in [-0.3, -0.25) is 14.4 Å². The summed E-state index contributed by atoms with van der Waals surface area (Å²) in [6, 6.07) is 0. The van der Waals surface area contributed by atoms with Crippen molar-refractivity contribution in [2.45, 2.75) is 81.1 Å². The summed E-state index contributed by atoms with van der Waals surface area (Å²) in [5.41, 5.74) is -0.250. The highest BCUT2D eigenvalue weighted by Crippen LogP contribution is 2.46. The number of ketones is 3. The maximum atomic E-state index is 13.7. The molecule has 0 atom stereocenters. The zero-order chi connectivity index (χ0) is 24.1. The van der Waals surface area contributed by atoms with Crippen molar-refractivity contribution < 1.29 is 24.6 Å². The summed E-state index contributed by atoms with van der Waals surface area (Å²) < 4.78 is 0. The van der Waals surface area contributed by atoms with Crippen LogP contribution in [0.1, 0.15) is 81.1 Å². The molecule has 5 nitrogen and oxygen atoms in total. The van der Waals surface area contributed by atoms with E-state index < -0.39 is 34.3 Å². The summed E-state index contributed by atoms with van der Waals surface area (Å²) in [6.07, 6.45) is 4.07. The number of carbonyl (C=O) groups is 3. The maximum Gasteiger partial charge on any atom is 0.184 e. The van der Waals surface area contributed by atoms with Gasteiger partial charge in [-0.15, -0.1) is 0 Å². The molecule has 31 heavy (non-hydrogen) atoms. The van der Waals surface area contributed by atoms with Crippen LogP contribution < -0.4 is 0 Å². The van der Waals surface area contributed by atoms with E-state index in [1.807, 2.05) is 67.5 Å². The van der Waals surface area contributed by atoms with Crippen molar-refractivity contribution in [2.75, 3.05) is 0 Å². The number of aliphatic hydroxyl groups is 2. The smallest absolute Gasteiger partial charge is 0.184 e. The highest BCUT2D eigenvalue weighted by atomic mass is 16.3. The van der Waals surface area contributed by atoms with E-state index in [1.165, 1.54) is 0 Å². The van der Waals surface area contributed by atoms with Gasteiger partial charge >= 0.3 is 0 Å². The summed E-state index contributed by atoms with van der Waals surface area (Å²) in [4.78, 5) is 39.7. The van der Waals surface area contributed by atoms with Crippen LogP contribution >= 0.6 is 0 Å². The Kier molecular flexibility index (Phi) is 9.22. The molecule has 0 amide bonds. The third-order valence-electron chi connectivity index (χ3n) is 5.29. The van der Waals surface area contributed by atoms with Crippen LogP contribution in [0.25, 0.3) is 0 Å². The minimum atomic E-state index is -1.50. The van der Waals surface area contributed by atoms with Gasteiger partial charge in [0, 0.05) is 12.8 Å². The van der Waals surface area contributed by atoms with Crippen LogP contribution in [-0.4, -0.2) is 27.6 Å². The average molecular weight is 431 g/mol. The molecule has 0 aromatic carbocycles. The largest absolute Gasteiger partial charge is 0.510 e. The number of Topliss-reactive ketones (excluding diaryl/α,β-unsaturated/α-hetero) is 3. The molecule has 5 heteroatoms. The highest BCUT2D eigenvalue weighted by Gasteiger charge is 2.51. The van der Waals surface area contributed by atoms with Crippen molar-refractivity contribution in [3.8, 4) is 0 Å². The van der Waals surface area contributed by atoms with E-state index in [0.717, 1.165) is 11.1 Å². The first-order chi connectivity index (χ1) is 14.2. The molecule has 2 N–H and O–H groups in total. The van der Waals surface area contributed by atoms with Crippen LogP contribution in [0.5, 0.6) is 0 Å². The van der Waals surface area contributed by atoms with Crippen molar-refractivity contribution in [1.29, 1.82) is 0 Å². The lowest BCUT2D eigenvalue weighted by atomic mass is 9.66. The average Bonchev–Trinajstić information content (AvgIpc) is 2.59. The SMILES string of the molecule is CC(C)=CCC1(CC=C(C)C)C(=O)C(C(=O)CC(C)C)=C(O)C(C(=O)CC(C)C)=C1O. The lowest BCUT2D eigenvalue weighted by Gasteiger charge is -2.36. The van der Waals surface area contributed by atoms with Gasteiger partial charge in [0.05, 0.1) is 11.0 Å². The highest BCUT2D eigenvalue weighted by molar-refractivity contribution is 6.26. The van der Waals surface area contributed by atoms with E-state index in [4.69, 9.17) is 0 Å². The molecule has 0 aliphatic heterocycles. The lowest BCUT2D eigenvalue weighted by Crippen LogP contribution is -2.42. The van der Waals surface area contributed by atoms with Crippen LogP contribution in [0, 0.1) is 17.3 Å². The van der Waals surface area contributed by atoms with Gasteiger partial charge in [-0.05, 0) is 52.4 Å². The second kappa shape index (κ2) is 10.7. The van der Waals surface area contributed by atoms with Crippen molar-refractivity contribution in [3.63, 3.8) is 0 Å². The third-order valence-corrected chi connectivity index (χ3v) is 5.29. The molecule has 1 rings (SSSR count). The molecule has 0 aromatic rings. The van der Waals surface area contributed by atoms with Crippen molar-refractivity contribution in [1.82, 2.24) is 0 Å². The summed E-state index contributed by atoms with van der Waals surface area (Å²) in [5, 5.41) is 22.2. The van der Waals surface area contributed by atoms with Crippen LogP contribution in [-0.2, 0) is 14.4 Å². The van der Waals surface area contributed by atoms with E-state index in [0.29, 0.717) is 0 Å². The molecular weight excluding hydrogens is 392 g/mol. The molecule has 0 saturated heterocycles. The first-order valence-corrected chi connectivity index (χ1v) is 11.0. The number of rotatable bonds is 10. The van der Waals surface area contributed by atoms with Crippen molar-refractivity contribution in [3.05, 3.63) is 46.0 Å². The molecule has 1 aliphatic carbocycles. The zero-order valence-corrected chi connectivity index (χ0v) is 20.3. The monoisotopic (exact) mass is 430 g/mol. The fraction of sp³-hybridized carbons (Fsp3) is 0.577. The van der Waals surface area contributed by atoms with Crippen molar-refractivity contribution >= 4 is 17.3 Å². The molecule has 0 fully saturated rings. The van der Waals surface area contributed by atoms with Crippen LogP contribution in [0.4, 0.5) is 0 Å². The normalized spacial score (nSPS) is 16.1. The predicted molar refractivity (Wildman–Crippen MR) is 124 cm³/mol. The standard InChI is InChI=1S/C26H38O5/c1-15(2)9-11-26(12-10-16(3)4)24(30)21(19(27)13-17(5)6)23(29)22(25(26)31)20(28)14-18(7)8/h9-10,17-18,29-30H,11-14H2,1-8H3. The first kappa shape index (κ1) is 26.6. The Hall–Kier alpha value is -2.43. The van der Waals surface area contributed by atoms with Gasteiger partial charge in [-0.1, -0.05) is 51.0 Å². The Bertz CT molecular complexity index is 834. The molecule has 0 saturated carbocycles. The minimum absolute atomic E-state index is 0.0157. The number of allylic oxidation sites excluding steroid dienone is 7. The molecule has 0 aromatic heterocycles. The molecule has 0 unspecified atom stereocenters. The third kappa shape index (κ3) is 6.28. The van der Waals surface area contributed by atoms with E-state index in [-0.39, 0.29) is 48.7 Å². The topological polar surface area (TPSA) is 91.7 Å². The quantitative estimate of drug-likeness (QED) is 0.322. The Morgan fingerprint density at radius 1 is 0.806 bits per heavy atom. The Balaban J connectivity index is 3.89. The Labute approximate surface area is 186 Å². The van der Waals surface area contributed by atoms with Crippen LogP contribution in [0.3, 0.4) is 0 Å². The minimum Gasteiger partial charge on any atom is -0.510 e. The lowest BCUT2D eigenvalue weighted by molar-refractivity contribution is -0.128. The number of aliphatic hydroxyl groups excluding tert-OH is 2. The van der Waals surface area contributed by atoms with Gasteiger partial charge in [0.15, 0.2) is 17.3 Å². The molecule has 1 aliphatic rings. The van der Waals surface area contributed by atoms with Crippen LogP contribution in [0.15, 0.2) is 46.0 Å². The van der Waals surface area contributed by atoms with E-state index in [9.17, 15) is 24.6 Å². The van der Waals surface area contributed by atoms with Gasteiger partial charge in [0.1, 0.15) is 17.1 Å². The van der Waals surface area contributed by atoms with Gasteiger partial charge < -0.3 is 10.2 Å². The van der Waals surface area contributed by atoms with Gasteiger partial charge in [0.2, 0.25) is 0 Å². The Morgan fingerprint density at radius 2 is 1.19 bits per heavy atom. The predicted octanol–water partition coefficient (Wildman–Crippen LogP) is 6.12. The summed E-state index contributed by atoms with van der Waals surface area (Å²) in [6.45, 7) is 14.9. The maximum absolute atomic E-state index is 13.7. The molecule has 0 bridgehead atoms. The molecular formula is C26H38O5. The summed E-state index contributed by atoms with van der Waals surface area (Å²) >= 11 is 0. The first-order valence-electron chi connectivity index (χ1n) is 11.0. The second-order valence-electron chi connectivity index (χ2n) is 9.87. The second-order valence-corrected chi connectivity index (χ2v) is 9.87. The number of hydrogen-bond acceptors (Lipinski definition) is 5. The number of carbonyl (C=O) groups excluding carboxylic acids is 3. The van der Waals surface area contributed by atoms with E-state index in [1.54, 1.807) is 0 Å². The fourth-order valence-corrected chi connectivity index (χ4v) is 3.62. The molecule has 0 heterocycles. The molecule has 172 valence electrons. The molecule has 0 spiro atoms. The zero-order valence-electron chi connectivity index (χ0n) is 20.3. The Morgan fingerprint density at radius 3 is 1.55 bits per heavy atom. The number of hydrogen-bond donors (Lipinski definition) is 2. The van der Waals surface area contributed by atoms with E-state index in [2.05, 4.69) is 0 Å². The van der Waals surface area contributed by atoms with Gasteiger partial charge in [0.25, 0.3) is 0 Å². The summed E-state index contributed by atoms with van der Waals surface area (Å²) in [5.74, 6) is -2.74.